The number of alkyl halides is 2. The molecule has 2 saturated carbocycles. The second-order valence-electron chi connectivity index (χ2n) is 15.5. The highest BCUT2D eigenvalue weighted by Crippen LogP contribution is 2.48. The quantitative estimate of drug-likeness (QED) is 0.281. The van der Waals surface area contributed by atoms with Gasteiger partial charge in [0.05, 0.1) is 33.9 Å². The zero-order valence-electron chi connectivity index (χ0n) is 28.8. The van der Waals surface area contributed by atoms with E-state index < -0.39 is 39.7 Å². The highest BCUT2D eigenvalue weighted by Gasteiger charge is 2.46. The van der Waals surface area contributed by atoms with Gasteiger partial charge in [0, 0.05) is 54.3 Å². The van der Waals surface area contributed by atoms with Crippen LogP contribution in [0.4, 0.5) is 14.5 Å². The fourth-order valence-corrected chi connectivity index (χ4v) is 11.4. The molecular formula is C39H47ClF2N2O5S. The number of aryl methyl sites for hydroxylation is 1. The van der Waals surface area contributed by atoms with E-state index in [9.17, 15) is 22.6 Å². The lowest BCUT2D eigenvalue weighted by molar-refractivity contribution is -0.117. The molecule has 2 aliphatic heterocycles. The zero-order valence-corrected chi connectivity index (χ0v) is 30.4. The first kappa shape index (κ1) is 35.6. The Morgan fingerprint density at radius 1 is 1.22 bits per heavy atom. The number of ketones is 1. The Labute approximate surface area is 299 Å². The Morgan fingerprint density at radius 3 is 2.80 bits per heavy atom. The standard InChI is InChI=1S/C39H47ClF2N2O5S/c1-24-5-3-7-35(48-2)31-11-8-27(31)19-44-22-39(14-4-6-25-15-29(40)10-12-33(25)39)23-49-36-13-9-26(18-34(36)44)38(46)43-50(47,20-24)21-30(45)16-28-17-32(28)37(41)42/h3,7,9-10,12-13,15,18,24,27-28,31-32,35,37H,4-6,8,11,14,16-17,19-23H2,1-2H3/b7-3+/t24-,27-,28?,31+,32+,35-,39-,50+/m0/s1. The van der Waals surface area contributed by atoms with Gasteiger partial charge >= 0.3 is 0 Å². The predicted molar refractivity (Wildman–Crippen MR) is 192 cm³/mol. The number of fused-ring (bicyclic) bond motifs is 4. The minimum absolute atomic E-state index is 0.0492. The van der Waals surface area contributed by atoms with E-state index in [0.29, 0.717) is 43.6 Å². The number of amides is 1. The Bertz CT molecular complexity index is 1790. The summed E-state index contributed by atoms with van der Waals surface area (Å²) in [6, 6.07) is 11.5. The van der Waals surface area contributed by atoms with Gasteiger partial charge < -0.3 is 14.4 Å². The summed E-state index contributed by atoms with van der Waals surface area (Å²) in [5, 5.41) is 0.726. The molecule has 1 spiro atoms. The maximum Gasteiger partial charge on any atom is 0.285 e. The van der Waals surface area contributed by atoms with Crippen LogP contribution in [-0.2, 0) is 31.1 Å². The number of carbonyl (C=O) groups excluding carboxylic acids is 2. The van der Waals surface area contributed by atoms with Crippen LogP contribution in [0.25, 0.3) is 0 Å². The van der Waals surface area contributed by atoms with Crippen molar-refractivity contribution in [1.29, 1.82) is 0 Å². The van der Waals surface area contributed by atoms with Crippen LogP contribution in [0.1, 0.15) is 73.4 Å². The third kappa shape index (κ3) is 7.40. The number of methoxy groups -OCH3 is 1. The van der Waals surface area contributed by atoms with E-state index in [1.54, 1.807) is 13.2 Å². The van der Waals surface area contributed by atoms with Crippen LogP contribution < -0.4 is 9.64 Å². The maximum atomic E-state index is 14.4. The molecule has 2 heterocycles. The van der Waals surface area contributed by atoms with E-state index in [1.807, 2.05) is 25.1 Å². The molecule has 7 nitrogen and oxygen atoms in total. The number of anilines is 1. The van der Waals surface area contributed by atoms with Crippen LogP contribution in [0, 0.1) is 29.6 Å². The molecule has 11 heteroatoms. The summed E-state index contributed by atoms with van der Waals surface area (Å²) in [5.74, 6) is -1.35. The van der Waals surface area contributed by atoms with E-state index in [1.165, 1.54) is 11.1 Å². The first-order chi connectivity index (χ1) is 24.0. The van der Waals surface area contributed by atoms with Gasteiger partial charge in [0.1, 0.15) is 11.5 Å². The van der Waals surface area contributed by atoms with Gasteiger partial charge in [0.15, 0.2) is 0 Å². The molecule has 50 heavy (non-hydrogen) atoms. The minimum atomic E-state index is -3.33. The Hall–Kier alpha value is -2.82. The van der Waals surface area contributed by atoms with Crippen molar-refractivity contribution < 1.29 is 32.1 Å². The molecule has 0 aromatic heterocycles. The number of Topliss-reactive ketones (excluding diaryl/α,β-unsaturated/α-hetero) is 1. The third-order valence-corrected chi connectivity index (χ3v) is 14.3. The number of hydrogen-bond acceptors (Lipinski definition) is 6. The monoisotopic (exact) mass is 728 g/mol. The van der Waals surface area contributed by atoms with Crippen LogP contribution in [-0.4, -0.2) is 66.7 Å². The molecule has 2 bridgehead atoms. The molecule has 7 rings (SSSR count). The van der Waals surface area contributed by atoms with Gasteiger partial charge in [-0.05, 0) is 110 Å². The fraction of sp³-hybridized carbons (Fsp3) is 0.590. The molecule has 2 aromatic carbocycles. The lowest BCUT2D eigenvalue weighted by atomic mass is 9.68. The summed E-state index contributed by atoms with van der Waals surface area (Å²) in [6.07, 6.45) is 7.48. The lowest BCUT2D eigenvalue weighted by Crippen LogP contribution is -2.49. The molecule has 3 aliphatic carbocycles. The summed E-state index contributed by atoms with van der Waals surface area (Å²) < 4.78 is 57.7. The Balaban J connectivity index is 1.26. The zero-order chi connectivity index (χ0) is 35.2. The minimum Gasteiger partial charge on any atom is -0.490 e. The largest absolute Gasteiger partial charge is 0.490 e. The summed E-state index contributed by atoms with van der Waals surface area (Å²) in [5.41, 5.74) is 3.31. The number of halogens is 3. The van der Waals surface area contributed by atoms with Crippen LogP contribution in [0.5, 0.6) is 5.75 Å². The fourth-order valence-electron chi connectivity index (χ4n) is 8.89. The number of nitrogens with zero attached hydrogens (tertiary/aromatic N) is 2. The van der Waals surface area contributed by atoms with Crippen molar-refractivity contribution in [1.82, 2.24) is 0 Å². The number of hydrogen-bond donors (Lipinski definition) is 0. The van der Waals surface area contributed by atoms with Gasteiger partial charge in [-0.25, -0.2) is 13.0 Å². The molecule has 0 saturated heterocycles. The molecule has 270 valence electrons. The summed E-state index contributed by atoms with van der Waals surface area (Å²) in [6.45, 7) is 3.88. The maximum absolute atomic E-state index is 14.4. The van der Waals surface area contributed by atoms with Crippen molar-refractivity contribution in [2.24, 2.45) is 34.0 Å². The Kier molecular flexibility index (Phi) is 10.2. The summed E-state index contributed by atoms with van der Waals surface area (Å²) in [7, 11) is -1.59. The van der Waals surface area contributed by atoms with Gasteiger partial charge in [-0.15, -0.1) is 0 Å². The number of rotatable bonds is 6. The van der Waals surface area contributed by atoms with E-state index in [2.05, 4.69) is 33.5 Å². The van der Waals surface area contributed by atoms with Crippen molar-refractivity contribution in [3.05, 3.63) is 70.3 Å². The van der Waals surface area contributed by atoms with Gasteiger partial charge in [0.25, 0.3) is 5.91 Å². The molecule has 2 fully saturated rings. The molecule has 2 aromatic rings. The van der Waals surface area contributed by atoms with E-state index in [-0.39, 0.29) is 41.0 Å². The average Bonchev–Trinajstić information content (AvgIpc) is 3.84. The first-order valence-corrected chi connectivity index (χ1v) is 20.3. The Morgan fingerprint density at radius 2 is 2.06 bits per heavy atom. The molecule has 0 N–H and O–H groups in total. The SMILES string of the molecule is CO[C@H]1/C=C/C[C@H](C)C[S@@](=O)(CC(=O)CC2C[C@H]2C(F)F)=NC(=O)c2ccc3c(c2)N(C[C@@H]2CC[C@H]21)C[C@@]1(CCCc2cc(Cl)ccc21)CO3. The van der Waals surface area contributed by atoms with Crippen LogP contribution in [0.2, 0.25) is 5.02 Å². The third-order valence-electron chi connectivity index (χ3n) is 11.7. The van der Waals surface area contributed by atoms with Gasteiger partial charge in [-0.1, -0.05) is 36.7 Å². The van der Waals surface area contributed by atoms with E-state index >= 15 is 0 Å². The highest BCUT2D eigenvalue weighted by atomic mass is 35.5. The second kappa shape index (κ2) is 14.3. The lowest BCUT2D eigenvalue weighted by Gasteiger charge is -2.46. The number of benzene rings is 2. The number of ether oxygens (including phenoxy) is 2. The predicted octanol–water partition coefficient (Wildman–Crippen LogP) is 7.92. The number of carbonyl (C=O) groups is 2. The summed E-state index contributed by atoms with van der Waals surface area (Å²) >= 11 is 6.44. The highest BCUT2D eigenvalue weighted by molar-refractivity contribution is 7.94. The van der Waals surface area contributed by atoms with Crippen LogP contribution in [0.15, 0.2) is 52.9 Å². The van der Waals surface area contributed by atoms with Crippen molar-refractivity contribution in [2.75, 3.05) is 43.2 Å². The topological polar surface area (TPSA) is 85.3 Å². The second-order valence-corrected chi connectivity index (χ2v) is 18.3. The van der Waals surface area contributed by atoms with Gasteiger partial charge in [-0.3, -0.25) is 9.59 Å². The average molecular weight is 729 g/mol. The molecule has 1 amide bonds. The number of allylic oxidation sites excluding steroid dienone is 1. The van der Waals surface area contributed by atoms with Crippen LogP contribution in [0.3, 0.4) is 0 Å². The van der Waals surface area contributed by atoms with E-state index in [0.717, 1.165) is 49.4 Å². The first-order valence-electron chi connectivity index (χ1n) is 18.0. The molecular weight excluding hydrogens is 682 g/mol. The van der Waals surface area contributed by atoms with Crippen LogP contribution >= 0.6 is 11.6 Å². The normalized spacial score (nSPS) is 34.4. The molecule has 0 radical (unpaired) electrons. The van der Waals surface area contributed by atoms with Gasteiger partial charge in [0.2, 0.25) is 6.43 Å². The van der Waals surface area contributed by atoms with Gasteiger partial charge in [-0.2, -0.15) is 4.36 Å². The van der Waals surface area contributed by atoms with Crippen molar-refractivity contribution >= 4 is 38.7 Å². The van der Waals surface area contributed by atoms with E-state index in [4.69, 9.17) is 21.1 Å². The molecule has 1 unspecified atom stereocenters. The smallest absolute Gasteiger partial charge is 0.285 e. The molecule has 8 atom stereocenters. The van der Waals surface area contributed by atoms with Crippen molar-refractivity contribution in [3.8, 4) is 5.75 Å². The van der Waals surface area contributed by atoms with Crippen molar-refractivity contribution in [2.45, 2.75) is 76.2 Å². The molecule has 5 aliphatic rings. The van der Waals surface area contributed by atoms with Crippen molar-refractivity contribution in [3.63, 3.8) is 0 Å². The summed E-state index contributed by atoms with van der Waals surface area (Å²) in [4.78, 5) is 29.4.